The highest BCUT2D eigenvalue weighted by Gasteiger charge is 2.51. The van der Waals surface area contributed by atoms with Gasteiger partial charge in [-0.2, -0.15) is 0 Å². The molecule has 110 valence electrons. The molecule has 1 saturated carbocycles. The number of nitrogens with one attached hydrogen (secondary N) is 1. The second kappa shape index (κ2) is 5.35. The van der Waals surface area contributed by atoms with Gasteiger partial charge < -0.3 is 10.4 Å². The first kappa shape index (κ1) is 14.4. The molecule has 0 aromatic heterocycles. The summed E-state index contributed by atoms with van der Waals surface area (Å²) in [6.07, 6.45) is 4.57. The van der Waals surface area contributed by atoms with E-state index >= 15 is 0 Å². The molecule has 0 saturated heterocycles. The summed E-state index contributed by atoms with van der Waals surface area (Å²) in [7, 11) is 0. The normalized spacial score (nSPS) is 29.6. The Labute approximate surface area is 131 Å². The van der Waals surface area contributed by atoms with Gasteiger partial charge in [0.05, 0.1) is 22.5 Å². The quantitative estimate of drug-likeness (QED) is 0.836. The zero-order valence-corrected chi connectivity index (χ0v) is 12.4. The summed E-state index contributed by atoms with van der Waals surface area (Å²) in [5, 5.41) is 12.9. The van der Waals surface area contributed by atoms with Gasteiger partial charge in [-0.15, -0.1) is 0 Å². The number of fused-ring (bicyclic) bond motifs is 2. The maximum Gasteiger partial charge on any atom is 0.307 e. The smallest absolute Gasteiger partial charge is 0.307 e. The summed E-state index contributed by atoms with van der Waals surface area (Å²) in [6, 6.07) is 4.77. The monoisotopic (exact) mass is 325 g/mol. The van der Waals surface area contributed by atoms with E-state index < -0.39 is 17.8 Å². The average Bonchev–Trinajstić information content (AvgIpc) is 3.02. The average molecular weight is 326 g/mol. The number of halogens is 2. The number of carboxylic acid groups (broad SMARTS) is 1. The lowest BCUT2D eigenvalue weighted by molar-refractivity contribution is -0.146. The number of hydrogen-bond acceptors (Lipinski definition) is 2. The number of hydrogen-bond donors (Lipinski definition) is 2. The molecule has 1 amide bonds. The van der Waals surface area contributed by atoms with Gasteiger partial charge in [0.1, 0.15) is 0 Å². The van der Waals surface area contributed by atoms with Crippen LogP contribution in [-0.4, -0.2) is 17.0 Å². The molecule has 0 radical (unpaired) electrons. The minimum Gasteiger partial charge on any atom is -0.481 e. The molecular weight excluding hydrogens is 313 g/mol. The maximum absolute atomic E-state index is 12.5. The fraction of sp³-hybridized carbons (Fsp3) is 0.333. The molecule has 3 rings (SSSR count). The number of benzene rings is 1. The number of allylic oxidation sites excluding steroid dienone is 2. The summed E-state index contributed by atoms with van der Waals surface area (Å²) in [6.45, 7) is 0. The van der Waals surface area contributed by atoms with E-state index in [2.05, 4.69) is 5.32 Å². The van der Waals surface area contributed by atoms with Crippen molar-refractivity contribution in [3.8, 4) is 0 Å². The molecule has 2 bridgehead atoms. The number of aliphatic carboxylic acids is 1. The fourth-order valence-corrected chi connectivity index (χ4v) is 3.78. The first-order valence-electron chi connectivity index (χ1n) is 6.64. The van der Waals surface area contributed by atoms with Crippen LogP contribution in [0.3, 0.4) is 0 Å². The Bertz CT molecular complexity index is 644. The summed E-state index contributed by atoms with van der Waals surface area (Å²) >= 11 is 11.8. The van der Waals surface area contributed by atoms with Crippen LogP contribution >= 0.6 is 23.2 Å². The molecule has 0 unspecified atom stereocenters. The molecule has 1 fully saturated rings. The van der Waals surface area contributed by atoms with E-state index in [0.29, 0.717) is 15.7 Å². The molecule has 4 nitrogen and oxygen atoms in total. The van der Waals surface area contributed by atoms with E-state index in [1.807, 2.05) is 12.2 Å². The summed E-state index contributed by atoms with van der Waals surface area (Å²) in [4.78, 5) is 23.9. The molecule has 2 aliphatic rings. The van der Waals surface area contributed by atoms with Crippen LogP contribution in [0.4, 0.5) is 5.69 Å². The Morgan fingerprint density at radius 3 is 2.43 bits per heavy atom. The number of carbonyl (C=O) groups excluding carboxylic acids is 1. The van der Waals surface area contributed by atoms with Crippen molar-refractivity contribution in [2.45, 2.75) is 6.42 Å². The molecule has 6 heteroatoms. The maximum atomic E-state index is 12.5. The van der Waals surface area contributed by atoms with Crippen LogP contribution in [0, 0.1) is 23.7 Å². The number of anilines is 1. The topological polar surface area (TPSA) is 66.4 Å². The molecule has 21 heavy (non-hydrogen) atoms. The van der Waals surface area contributed by atoms with Crippen molar-refractivity contribution in [2.24, 2.45) is 23.7 Å². The number of carbonyl (C=O) groups is 2. The Balaban J connectivity index is 1.82. The number of amides is 1. The lowest BCUT2D eigenvalue weighted by atomic mass is 9.82. The van der Waals surface area contributed by atoms with E-state index in [0.717, 1.165) is 6.42 Å². The van der Waals surface area contributed by atoms with Crippen molar-refractivity contribution in [1.29, 1.82) is 0 Å². The lowest BCUT2D eigenvalue weighted by Crippen LogP contribution is -2.36. The van der Waals surface area contributed by atoms with Crippen molar-refractivity contribution >= 4 is 40.8 Å². The molecular formula is C15H13Cl2NO3. The van der Waals surface area contributed by atoms with E-state index in [1.54, 1.807) is 12.1 Å². The predicted molar refractivity (Wildman–Crippen MR) is 80.4 cm³/mol. The van der Waals surface area contributed by atoms with E-state index in [4.69, 9.17) is 23.2 Å². The third-order valence-electron chi connectivity index (χ3n) is 4.24. The molecule has 0 aliphatic heterocycles. The third-order valence-corrected chi connectivity index (χ3v) is 4.78. The molecule has 0 heterocycles. The first-order chi connectivity index (χ1) is 9.97. The predicted octanol–water partition coefficient (Wildman–Crippen LogP) is 3.45. The molecule has 0 spiro atoms. The molecule has 2 N–H and O–H groups in total. The largest absolute Gasteiger partial charge is 0.481 e. The van der Waals surface area contributed by atoms with E-state index in [1.165, 1.54) is 6.07 Å². The van der Waals surface area contributed by atoms with Crippen molar-refractivity contribution in [3.05, 3.63) is 40.4 Å². The molecule has 4 atom stereocenters. The second-order valence-electron chi connectivity index (χ2n) is 5.45. The molecule has 1 aromatic carbocycles. The molecule has 2 aliphatic carbocycles. The lowest BCUT2D eigenvalue weighted by Gasteiger charge is -2.24. The van der Waals surface area contributed by atoms with Gasteiger partial charge in [0.25, 0.3) is 0 Å². The van der Waals surface area contributed by atoms with Gasteiger partial charge in [-0.05, 0) is 36.5 Å². The van der Waals surface area contributed by atoms with Crippen LogP contribution in [0.1, 0.15) is 6.42 Å². The van der Waals surface area contributed by atoms with Gasteiger partial charge in [0, 0.05) is 5.02 Å². The van der Waals surface area contributed by atoms with Gasteiger partial charge in [-0.25, -0.2) is 0 Å². The van der Waals surface area contributed by atoms with Crippen LogP contribution in [-0.2, 0) is 9.59 Å². The van der Waals surface area contributed by atoms with Gasteiger partial charge >= 0.3 is 5.97 Å². The van der Waals surface area contributed by atoms with Crippen LogP contribution < -0.4 is 5.32 Å². The van der Waals surface area contributed by atoms with Crippen LogP contribution in [0.5, 0.6) is 0 Å². The van der Waals surface area contributed by atoms with E-state index in [9.17, 15) is 14.7 Å². The number of carboxylic acids is 1. The summed E-state index contributed by atoms with van der Waals surface area (Å²) in [5.74, 6) is -2.50. The minimum absolute atomic E-state index is 0.0119. The zero-order chi connectivity index (χ0) is 15.1. The summed E-state index contributed by atoms with van der Waals surface area (Å²) in [5.41, 5.74) is 0.446. The third kappa shape index (κ3) is 2.54. The van der Waals surface area contributed by atoms with Crippen molar-refractivity contribution in [2.75, 3.05) is 5.32 Å². The van der Waals surface area contributed by atoms with Crippen LogP contribution in [0.2, 0.25) is 10.0 Å². The van der Waals surface area contributed by atoms with Crippen LogP contribution in [0.25, 0.3) is 0 Å². The SMILES string of the molecule is O=C(O)[C@@H]1[C@@H](C(=O)Nc2ccc(Cl)cc2Cl)[C@H]2C=C[C@H]1C2. The van der Waals surface area contributed by atoms with Crippen LogP contribution in [0.15, 0.2) is 30.4 Å². The zero-order valence-electron chi connectivity index (χ0n) is 10.9. The van der Waals surface area contributed by atoms with Crippen molar-refractivity contribution in [3.63, 3.8) is 0 Å². The Morgan fingerprint density at radius 2 is 1.81 bits per heavy atom. The fourth-order valence-electron chi connectivity index (χ4n) is 3.32. The highest BCUT2D eigenvalue weighted by Crippen LogP contribution is 2.48. The molecule has 1 aromatic rings. The summed E-state index contributed by atoms with van der Waals surface area (Å²) < 4.78 is 0. The van der Waals surface area contributed by atoms with E-state index in [-0.39, 0.29) is 17.7 Å². The first-order valence-corrected chi connectivity index (χ1v) is 7.40. The van der Waals surface area contributed by atoms with Crippen molar-refractivity contribution < 1.29 is 14.7 Å². The number of rotatable bonds is 3. The van der Waals surface area contributed by atoms with Gasteiger partial charge in [0.15, 0.2) is 0 Å². The van der Waals surface area contributed by atoms with Gasteiger partial charge in [0.2, 0.25) is 5.91 Å². The highest BCUT2D eigenvalue weighted by molar-refractivity contribution is 6.36. The highest BCUT2D eigenvalue weighted by atomic mass is 35.5. The van der Waals surface area contributed by atoms with Gasteiger partial charge in [-0.1, -0.05) is 35.4 Å². The van der Waals surface area contributed by atoms with Crippen molar-refractivity contribution in [1.82, 2.24) is 0 Å². The van der Waals surface area contributed by atoms with Gasteiger partial charge in [-0.3, -0.25) is 9.59 Å². The standard InChI is InChI=1S/C15H13Cl2NO3/c16-9-3-4-11(10(17)6-9)18-14(19)12-7-1-2-8(5-7)13(12)15(20)21/h1-4,6-8,12-13H,5H2,(H,18,19)(H,20,21)/t7-,8-,12-,13-/m0/s1. The Kier molecular flexibility index (Phi) is 3.68. The Hall–Kier alpha value is -1.52. The second-order valence-corrected chi connectivity index (χ2v) is 6.30. The minimum atomic E-state index is -0.922. The Morgan fingerprint density at radius 1 is 1.14 bits per heavy atom.